The molecule has 0 atom stereocenters. The summed E-state index contributed by atoms with van der Waals surface area (Å²) in [5.74, 6) is 0.330. The highest BCUT2D eigenvalue weighted by Crippen LogP contribution is 2.31. The number of carbonyl (C=O) groups excluding carboxylic acids is 5. The number of aromatic nitrogens is 5. The second-order valence-corrected chi connectivity index (χ2v) is 21.2. The molecule has 0 bridgehead atoms. The third kappa shape index (κ3) is 16.1. The van der Waals surface area contributed by atoms with E-state index in [1.807, 2.05) is 96.1 Å². The molecule has 5 aromatic heterocycles. The van der Waals surface area contributed by atoms with Crippen LogP contribution in [-0.4, -0.2) is 62.2 Å². The van der Waals surface area contributed by atoms with Crippen LogP contribution in [0.25, 0.3) is 72.7 Å². The highest BCUT2D eigenvalue weighted by molar-refractivity contribution is 6.06. The van der Waals surface area contributed by atoms with E-state index in [2.05, 4.69) is 120 Å². The van der Waals surface area contributed by atoms with Gasteiger partial charge in [-0.3, -0.25) is 28.5 Å². The summed E-state index contributed by atoms with van der Waals surface area (Å²) in [5.41, 5.74) is 20.6. The molecule has 4 N–H and O–H groups in total. The average molecular weight is 1150 g/mol. The second-order valence-electron chi connectivity index (χ2n) is 21.2. The highest BCUT2D eigenvalue weighted by atomic mass is 16.5. The molecule has 0 saturated carbocycles. The standard InChI is InChI=1S/C24H25NO4.C14H15NO2.C13H13NO2.C11H11NO.C10H11N/c1-4-5-13-29-20-9-7-19(8-10-20)24(27)25-18(3)21(12-14-28-16-26)22-15-17(2)6-11-23(22)25;1-9-4-5-14-13(8-9)12(10(2)15-14)6-7-17-11(3)16;1-9-3-4-13-12(7-9)11(10(2)14-13)5-6-16-8-15;1-7-3-4-11-9(5-7)10(6-13)8(2)12-11;1-7-3-4-10-9(5-7)6-8(2)11-10/h6-12,14-16H,4-5,13H2,1-3H3;4-8,15H,1-3H3;3-8,14H,1-2H3;3-6,12H,1-2H3;3-6,11H,1-2H3/b14-12+;7-6+;6-5+;;. The Bertz CT molecular complexity index is 4290. The van der Waals surface area contributed by atoms with Gasteiger partial charge in [0.2, 0.25) is 0 Å². The minimum absolute atomic E-state index is 0.118. The Labute approximate surface area is 501 Å². The van der Waals surface area contributed by atoms with Gasteiger partial charge in [-0.25, -0.2) is 0 Å². The average Bonchev–Trinajstić information content (AvgIpc) is 1.94. The van der Waals surface area contributed by atoms with Gasteiger partial charge in [0.1, 0.15) is 5.75 Å². The van der Waals surface area contributed by atoms with Crippen LogP contribution in [0.5, 0.6) is 5.75 Å². The number of H-pyrrole nitrogens is 4. The fourth-order valence-electron chi connectivity index (χ4n) is 10.0. The zero-order valence-corrected chi connectivity index (χ0v) is 51.0. The van der Waals surface area contributed by atoms with Crippen molar-refractivity contribution in [3.63, 3.8) is 0 Å². The summed E-state index contributed by atoms with van der Waals surface area (Å²) < 4.78 is 21.5. The van der Waals surface area contributed by atoms with E-state index in [9.17, 15) is 24.0 Å². The summed E-state index contributed by atoms with van der Waals surface area (Å²) in [5, 5.41) is 5.55. The van der Waals surface area contributed by atoms with Crippen LogP contribution in [0, 0.1) is 69.2 Å². The molecule has 0 unspecified atom stereocenters. The molecule has 0 radical (unpaired) electrons. The lowest BCUT2D eigenvalue weighted by Crippen LogP contribution is -2.13. The van der Waals surface area contributed by atoms with Crippen molar-refractivity contribution in [1.82, 2.24) is 24.5 Å². The second kappa shape index (κ2) is 29.9. The van der Waals surface area contributed by atoms with Crippen molar-refractivity contribution in [3.8, 4) is 5.75 Å². The van der Waals surface area contributed by atoms with E-state index in [0.717, 1.165) is 119 Å². The van der Waals surface area contributed by atoms with Crippen LogP contribution >= 0.6 is 0 Å². The topological polar surface area (TPSA) is 190 Å². The maximum atomic E-state index is 13.3. The molecule has 0 aliphatic rings. The molecule has 11 rings (SSSR count). The molecule has 442 valence electrons. The number of benzene rings is 6. The van der Waals surface area contributed by atoms with Crippen molar-refractivity contribution in [2.45, 2.75) is 95.9 Å². The van der Waals surface area contributed by atoms with Crippen LogP contribution in [0.2, 0.25) is 0 Å². The lowest BCUT2D eigenvalue weighted by Gasteiger charge is -2.09. The molecule has 0 aliphatic heterocycles. The molecule has 14 heteroatoms. The number of carbonyl (C=O) groups is 5. The SMILES string of the molecule is CC(=O)O/C=C/c1c(C)[nH]c2ccc(C)cc12.CCCCOc1ccc(C(=O)n2c(C)c(/C=C/OC=O)c3cc(C)ccc32)cc1.Cc1ccc2[nH]c(C)c(/C=C/OC=O)c2c1.Cc1ccc2[nH]c(C)c(C=O)c2c1.Cc1ccc2[nH]c(C)cc2c1. The van der Waals surface area contributed by atoms with Crippen molar-refractivity contribution in [2.75, 3.05) is 6.61 Å². The van der Waals surface area contributed by atoms with Gasteiger partial charge in [0.25, 0.3) is 18.9 Å². The zero-order chi connectivity index (χ0) is 62.0. The minimum atomic E-state index is -0.310. The first-order chi connectivity index (χ1) is 41.3. The molecular formula is C72H75N5O9. The highest BCUT2D eigenvalue weighted by Gasteiger charge is 2.19. The van der Waals surface area contributed by atoms with Crippen LogP contribution < -0.4 is 4.74 Å². The van der Waals surface area contributed by atoms with Gasteiger partial charge < -0.3 is 38.9 Å². The van der Waals surface area contributed by atoms with Crippen molar-refractivity contribution in [3.05, 3.63) is 224 Å². The van der Waals surface area contributed by atoms with Gasteiger partial charge >= 0.3 is 5.97 Å². The maximum absolute atomic E-state index is 13.3. The number of ether oxygens (including phenoxy) is 4. The Morgan fingerprint density at radius 1 is 0.488 bits per heavy atom. The Morgan fingerprint density at radius 3 is 1.44 bits per heavy atom. The first kappa shape index (κ1) is 63.4. The molecule has 0 amide bonds. The Morgan fingerprint density at radius 2 is 0.942 bits per heavy atom. The Kier molecular flexibility index (Phi) is 22.0. The van der Waals surface area contributed by atoms with Gasteiger partial charge in [0.15, 0.2) is 6.29 Å². The summed E-state index contributed by atoms with van der Waals surface area (Å²) in [6.07, 6.45) is 12.5. The van der Waals surface area contributed by atoms with Crippen LogP contribution in [0.15, 0.2) is 140 Å². The first-order valence-electron chi connectivity index (χ1n) is 28.4. The number of fused-ring (bicyclic) bond motifs is 5. The number of hydrogen-bond donors (Lipinski definition) is 4. The molecule has 5 heterocycles. The van der Waals surface area contributed by atoms with Crippen LogP contribution in [0.1, 0.15) is 120 Å². The quantitative estimate of drug-likeness (QED) is 0.0270. The maximum Gasteiger partial charge on any atom is 0.307 e. The van der Waals surface area contributed by atoms with Gasteiger partial charge in [-0.05, 0) is 190 Å². The number of aromatic amines is 4. The fraction of sp³-hybridized carbons (Fsp3) is 0.208. The number of aldehydes is 1. The van der Waals surface area contributed by atoms with E-state index >= 15 is 0 Å². The largest absolute Gasteiger partial charge is 0.494 e. The van der Waals surface area contributed by atoms with Crippen LogP contribution in [0.3, 0.4) is 0 Å². The third-order valence-electron chi connectivity index (χ3n) is 14.3. The number of rotatable bonds is 14. The lowest BCUT2D eigenvalue weighted by molar-refractivity contribution is -0.135. The molecule has 0 fully saturated rings. The van der Waals surface area contributed by atoms with Gasteiger partial charge in [0.05, 0.1) is 30.9 Å². The summed E-state index contributed by atoms with van der Waals surface area (Å²) >= 11 is 0. The fourth-order valence-corrected chi connectivity index (χ4v) is 10.0. The van der Waals surface area contributed by atoms with Crippen molar-refractivity contribution < 1.29 is 42.9 Å². The molecule has 0 spiro atoms. The van der Waals surface area contributed by atoms with E-state index in [0.29, 0.717) is 25.1 Å². The van der Waals surface area contributed by atoms with Gasteiger partial charge in [0, 0.05) is 107 Å². The summed E-state index contributed by atoms with van der Waals surface area (Å²) in [6, 6.07) is 40.3. The number of hydrogen-bond acceptors (Lipinski definition) is 9. The van der Waals surface area contributed by atoms with Crippen molar-refractivity contribution in [1.29, 1.82) is 0 Å². The lowest BCUT2D eigenvalue weighted by atomic mass is 10.1. The molecule has 0 aliphatic carbocycles. The third-order valence-corrected chi connectivity index (χ3v) is 14.3. The monoisotopic (exact) mass is 1150 g/mol. The van der Waals surface area contributed by atoms with Gasteiger partial charge in [-0.15, -0.1) is 0 Å². The predicted molar refractivity (Wildman–Crippen MR) is 348 cm³/mol. The summed E-state index contributed by atoms with van der Waals surface area (Å²) in [6.45, 7) is 25.1. The first-order valence-corrected chi connectivity index (χ1v) is 28.4. The van der Waals surface area contributed by atoms with Crippen LogP contribution in [0.4, 0.5) is 0 Å². The number of unbranched alkanes of at least 4 members (excludes halogenated alkanes) is 1. The van der Waals surface area contributed by atoms with Crippen LogP contribution in [-0.2, 0) is 28.6 Å². The Hall–Kier alpha value is -10.2. The van der Waals surface area contributed by atoms with Gasteiger partial charge in [-0.2, -0.15) is 0 Å². The van der Waals surface area contributed by atoms with Crippen molar-refractivity contribution >= 4 is 104 Å². The molecule has 86 heavy (non-hydrogen) atoms. The van der Waals surface area contributed by atoms with E-state index in [4.69, 9.17) is 14.2 Å². The van der Waals surface area contributed by atoms with E-state index in [1.165, 1.54) is 64.6 Å². The smallest absolute Gasteiger partial charge is 0.307 e. The Balaban J connectivity index is 0.000000161. The molecule has 11 aromatic rings. The van der Waals surface area contributed by atoms with E-state index in [1.54, 1.807) is 28.9 Å². The number of nitrogens with zero attached hydrogens (tertiary/aromatic N) is 1. The predicted octanol–water partition coefficient (Wildman–Crippen LogP) is 16.9. The zero-order valence-electron chi connectivity index (χ0n) is 51.0. The molecular weight excluding hydrogens is 1080 g/mol. The minimum Gasteiger partial charge on any atom is -0.494 e. The normalized spacial score (nSPS) is 11.0. The number of aryl methyl sites for hydroxylation is 9. The molecule has 6 aromatic carbocycles. The molecule has 14 nitrogen and oxygen atoms in total. The number of nitrogens with one attached hydrogen (secondary N) is 4. The number of esters is 1. The van der Waals surface area contributed by atoms with Crippen molar-refractivity contribution in [2.24, 2.45) is 0 Å². The van der Waals surface area contributed by atoms with E-state index in [-0.39, 0.29) is 11.9 Å². The summed E-state index contributed by atoms with van der Waals surface area (Å²) in [4.78, 5) is 68.3. The molecule has 0 saturated heterocycles. The van der Waals surface area contributed by atoms with Gasteiger partial charge in [-0.1, -0.05) is 71.5 Å². The van der Waals surface area contributed by atoms with E-state index < -0.39 is 0 Å². The summed E-state index contributed by atoms with van der Waals surface area (Å²) in [7, 11) is 0.